The molecule has 0 saturated heterocycles. The summed E-state index contributed by atoms with van der Waals surface area (Å²) in [5.74, 6) is -0.614. The number of benzene rings is 1. The zero-order valence-corrected chi connectivity index (χ0v) is 11.8. The average Bonchev–Trinajstić information content (AvgIpc) is 2.40. The van der Waals surface area contributed by atoms with Crippen LogP contribution in [0, 0.1) is 12.8 Å². The highest BCUT2D eigenvalue weighted by Gasteiger charge is 2.32. The van der Waals surface area contributed by atoms with Crippen LogP contribution in [-0.4, -0.2) is 11.9 Å². The molecule has 0 spiro atoms. The molecule has 1 saturated carbocycles. The van der Waals surface area contributed by atoms with Gasteiger partial charge in [0.25, 0.3) is 0 Å². The Bertz CT molecular complexity index is 528. The molecule has 6 heteroatoms. The van der Waals surface area contributed by atoms with Crippen LogP contribution in [0.5, 0.6) is 0 Å². The Kier molecular flexibility index (Phi) is 4.56. The van der Waals surface area contributed by atoms with Gasteiger partial charge in [-0.1, -0.05) is 18.9 Å². The number of hydrogen-bond donors (Lipinski definition) is 2. The summed E-state index contributed by atoms with van der Waals surface area (Å²) in [6, 6.07) is 3.13. The maximum atomic E-state index is 12.7. The quantitative estimate of drug-likeness (QED) is 0.878. The summed E-state index contributed by atoms with van der Waals surface area (Å²) in [5, 5.41) is 2.60. The molecule has 1 aromatic carbocycles. The molecular formula is C15H19F3N2O. The highest BCUT2D eigenvalue weighted by atomic mass is 19.4. The molecule has 1 aromatic rings. The summed E-state index contributed by atoms with van der Waals surface area (Å²) in [4.78, 5) is 12.2. The number of amides is 1. The van der Waals surface area contributed by atoms with E-state index in [0.717, 1.165) is 31.4 Å². The van der Waals surface area contributed by atoms with Gasteiger partial charge in [-0.05, 0) is 37.5 Å². The predicted molar refractivity (Wildman–Crippen MR) is 74.7 cm³/mol. The van der Waals surface area contributed by atoms with E-state index < -0.39 is 11.7 Å². The van der Waals surface area contributed by atoms with Crippen LogP contribution >= 0.6 is 0 Å². The van der Waals surface area contributed by atoms with Gasteiger partial charge in [0.2, 0.25) is 5.91 Å². The van der Waals surface area contributed by atoms with Crippen molar-refractivity contribution >= 4 is 11.6 Å². The van der Waals surface area contributed by atoms with Crippen LogP contribution in [0.3, 0.4) is 0 Å². The molecule has 116 valence electrons. The fourth-order valence-corrected chi connectivity index (χ4v) is 2.64. The van der Waals surface area contributed by atoms with E-state index in [1.54, 1.807) is 6.92 Å². The fourth-order valence-electron chi connectivity index (χ4n) is 2.64. The molecular weight excluding hydrogens is 281 g/mol. The second kappa shape index (κ2) is 6.05. The first-order valence-corrected chi connectivity index (χ1v) is 7.03. The van der Waals surface area contributed by atoms with Crippen LogP contribution in [0.15, 0.2) is 18.2 Å². The minimum absolute atomic E-state index is 0.201. The standard InChI is InChI=1S/C15H19F3N2O/c1-9-6-7-10(15(16,17)18)8-13(9)20-14(21)11-4-2-3-5-12(11)19/h6-8,11-12H,2-5,19H2,1H3,(H,20,21). The second-order valence-corrected chi connectivity index (χ2v) is 5.57. The molecule has 0 radical (unpaired) electrons. The number of anilines is 1. The number of aryl methyl sites for hydroxylation is 1. The summed E-state index contributed by atoms with van der Waals surface area (Å²) in [6.07, 6.45) is -1.04. The SMILES string of the molecule is Cc1ccc(C(F)(F)F)cc1NC(=O)C1CCCCC1N. The minimum atomic E-state index is -4.42. The molecule has 2 atom stereocenters. The molecule has 0 aromatic heterocycles. The lowest BCUT2D eigenvalue weighted by Crippen LogP contribution is -2.40. The summed E-state index contributed by atoms with van der Waals surface area (Å²) >= 11 is 0. The number of nitrogens with two attached hydrogens (primary N) is 1. The molecule has 2 rings (SSSR count). The number of rotatable bonds is 2. The van der Waals surface area contributed by atoms with Crippen LogP contribution in [-0.2, 0) is 11.0 Å². The maximum Gasteiger partial charge on any atom is 0.416 e. The predicted octanol–water partition coefficient (Wildman–Crippen LogP) is 3.47. The zero-order chi connectivity index (χ0) is 15.6. The summed E-state index contributed by atoms with van der Waals surface area (Å²) < 4.78 is 38.2. The molecule has 3 N–H and O–H groups in total. The van der Waals surface area contributed by atoms with Crippen molar-refractivity contribution in [1.29, 1.82) is 0 Å². The van der Waals surface area contributed by atoms with Gasteiger partial charge in [-0.25, -0.2) is 0 Å². The van der Waals surface area contributed by atoms with Gasteiger partial charge in [0.1, 0.15) is 0 Å². The molecule has 0 aliphatic heterocycles. The van der Waals surface area contributed by atoms with Gasteiger partial charge in [0.15, 0.2) is 0 Å². The number of alkyl halides is 3. The number of carbonyl (C=O) groups is 1. The number of hydrogen-bond acceptors (Lipinski definition) is 2. The molecule has 1 amide bonds. The van der Waals surface area contributed by atoms with Gasteiger partial charge in [-0.3, -0.25) is 4.79 Å². The highest BCUT2D eigenvalue weighted by molar-refractivity contribution is 5.93. The molecule has 1 aliphatic rings. The molecule has 1 aliphatic carbocycles. The van der Waals surface area contributed by atoms with Gasteiger partial charge in [-0.15, -0.1) is 0 Å². The van der Waals surface area contributed by atoms with Gasteiger partial charge in [0.05, 0.1) is 11.5 Å². The Labute approximate surface area is 121 Å². The average molecular weight is 300 g/mol. The molecule has 2 unspecified atom stereocenters. The van der Waals surface area contributed by atoms with Crippen molar-refractivity contribution in [2.24, 2.45) is 11.7 Å². The van der Waals surface area contributed by atoms with E-state index in [1.165, 1.54) is 6.07 Å². The van der Waals surface area contributed by atoms with Crippen LogP contribution in [0.25, 0.3) is 0 Å². The monoisotopic (exact) mass is 300 g/mol. The summed E-state index contributed by atoms with van der Waals surface area (Å²) in [7, 11) is 0. The second-order valence-electron chi connectivity index (χ2n) is 5.57. The van der Waals surface area contributed by atoms with Crippen molar-refractivity contribution in [2.75, 3.05) is 5.32 Å². The highest BCUT2D eigenvalue weighted by Crippen LogP contribution is 2.32. The third-order valence-corrected chi connectivity index (χ3v) is 3.98. The molecule has 3 nitrogen and oxygen atoms in total. The maximum absolute atomic E-state index is 12.7. The first-order chi connectivity index (χ1) is 9.79. The van der Waals surface area contributed by atoms with Gasteiger partial charge in [-0.2, -0.15) is 13.2 Å². The van der Waals surface area contributed by atoms with Crippen LogP contribution in [0.1, 0.15) is 36.8 Å². The topological polar surface area (TPSA) is 55.1 Å². The Hall–Kier alpha value is -1.56. The van der Waals surface area contributed by atoms with E-state index in [4.69, 9.17) is 5.73 Å². The van der Waals surface area contributed by atoms with Gasteiger partial charge >= 0.3 is 6.18 Å². The van der Waals surface area contributed by atoms with Crippen molar-refractivity contribution in [3.05, 3.63) is 29.3 Å². The zero-order valence-electron chi connectivity index (χ0n) is 11.8. The van der Waals surface area contributed by atoms with Crippen molar-refractivity contribution in [1.82, 2.24) is 0 Å². The van der Waals surface area contributed by atoms with Crippen molar-refractivity contribution in [3.63, 3.8) is 0 Å². The van der Waals surface area contributed by atoms with E-state index in [9.17, 15) is 18.0 Å². The lowest BCUT2D eigenvalue weighted by atomic mass is 9.84. The van der Waals surface area contributed by atoms with E-state index in [0.29, 0.717) is 12.0 Å². The molecule has 0 heterocycles. The number of carbonyl (C=O) groups excluding carboxylic acids is 1. The van der Waals surface area contributed by atoms with E-state index in [2.05, 4.69) is 5.32 Å². The number of nitrogens with one attached hydrogen (secondary N) is 1. The van der Waals surface area contributed by atoms with E-state index in [-0.39, 0.29) is 23.6 Å². The summed E-state index contributed by atoms with van der Waals surface area (Å²) in [6.45, 7) is 1.66. The molecule has 1 fully saturated rings. The Balaban J connectivity index is 2.16. The molecule has 21 heavy (non-hydrogen) atoms. The van der Waals surface area contributed by atoms with Gasteiger partial charge in [0, 0.05) is 11.7 Å². The fraction of sp³-hybridized carbons (Fsp3) is 0.533. The molecule has 0 bridgehead atoms. The van der Waals surface area contributed by atoms with Crippen LogP contribution in [0.2, 0.25) is 0 Å². The minimum Gasteiger partial charge on any atom is -0.327 e. The first kappa shape index (κ1) is 15.8. The first-order valence-electron chi connectivity index (χ1n) is 7.03. The smallest absolute Gasteiger partial charge is 0.327 e. The normalized spacial score (nSPS) is 22.9. The Morgan fingerprint density at radius 3 is 2.57 bits per heavy atom. The van der Waals surface area contributed by atoms with E-state index in [1.807, 2.05) is 0 Å². The lowest BCUT2D eigenvalue weighted by molar-refractivity contribution is -0.137. The van der Waals surface area contributed by atoms with Crippen molar-refractivity contribution < 1.29 is 18.0 Å². The Morgan fingerprint density at radius 2 is 1.95 bits per heavy atom. The third-order valence-electron chi connectivity index (χ3n) is 3.98. The third kappa shape index (κ3) is 3.75. The van der Waals surface area contributed by atoms with Crippen LogP contribution < -0.4 is 11.1 Å². The van der Waals surface area contributed by atoms with Crippen LogP contribution in [0.4, 0.5) is 18.9 Å². The summed E-state index contributed by atoms with van der Waals surface area (Å²) in [5.41, 5.74) is 5.96. The van der Waals surface area contributed by atoms with Gasteiger partial charge < -0.3 is 11.1 Å². The largest absolute Gasteiger partial charge is 0.416 e. The number of halogens is 3. The van der Waals surface area contributed by atoms with Crippen molar-refractivity contribution in [3.8, 4) is 0 Å². The van der Waals surface area contributed by atoms with Crippen molar-refractivity contribution in [2.45, 2.75) is 44.8 Å². The lowest BCUT2D eigenvalue weighted by Gasteiger charge is -2.27. The van der Waals surface area contributed by atoms with E-state index >= 15 is 0 Å². The Morgan fingerprint density at radius 1 is 1.29 bits per heavy atom.